The van der Waals surface area contributed by atoms with Gasteiger partial charge in [0.15, 0.2) is 0 Å². The highest BCUT2D eigenvalue weighted by atomic mass is 16.4. The zero-order chi connectivity index (χ0) is 12.1. The van der Waals surface area contributed by atoms with Gasteiger partial charge >= 0.3 is 5.97 Å². The molecule has 1 amide bonds. The lowest BCUT2D eigenvalue weighted by Crippen LogP contribution is -2.38. The number of carbonyl (C=O) groups is 2. The lowest BCUT2D eigenvalue weighted by atomic mass is 10.1. The summed E-state index contributed by atoms with van der Waals surface area (Å²) in [4.78, 5) is 22.0. The summed E-state index contributed by atoms with van der Waals surface area (Å²) in [7, 11) is 0. The molecule has 3 N–H and O–H groups in total. The highest BCUT2D eigenvalue weighted by Crippen LogP contribution is 2.04. The van der Waals surface area contributed by atoms with Crippen molar-refractivity contribution < 1.29 is 19.8 Å². The molecule has 0 unspecified atom stereocenters. The van der Waals surface area contributed by atoms with Crippen LogP contribution in [0.15, 0.2) is 24.3 Å². The van der Waals surface area contributed by atoms with E-state index >= 15 is 0 Å². The number of aliphatic carboxylic acids is 1. The van der Waals surface area contributed by atoms with Gasteiger partial charge in [0.1, 0.15) is 6.04 Å². The van der Waals surface area contributed by atoms with E-state index in [9.17, 15) is 9.59 Å². The van der Waals surface area contributed by atoms with Crippen LogP contribution >= 0.6 is 0 Å². The Balaban J connectivity index is 2.69. The summed E-state index contributed by atoms with van der Waals surface area (Å²) in [6.45, 7) is 1.30. The van der Waals surface area contributed by atoms with Crippen LogP contribution in [0.3, 0.4) is 0 Å². The van der Waals surface area contributed by atoms with Gasteiger partial charge in [0.25, 0.3) is 5.91 Å². The van der Waals surface area contributed by atoms with Gasteiger partial charge in [0, 0.05) is 5.56 Å². The van der Waals surface area contributed by atoms with Crippen LogP contribution < -0.4 is 5.32 Å². The minimum Gasteiger partial charge on any atom is -0.480 e. The van der Waals surface area contributed by atoms with Gasteiger partial charge in [0.2, 0.25) is 0 Å². The minimum atomic E-state index is -1.08. The maximum absolute atomic E-state index is 11.5. The number of aliphatic hydroxyl groups excluding tert-OH is 1. The van der Waals surface area contributed by atoms with Crippen molar-refractivity contribution in [2.45, 2.75) is 19.6 Å². The molecule has 0 heterocycles. The molecule has 5 heteroatoms. The highest BCUT2D eigenvalue weighted by molar-refractivity contribution is 5.96. The van der Waals surface area contributed by atoms with E-state index < -0.39 is 17.9 Å². The number of hydrogen-bond acceptors (Lipinski definition) is 3. The van der Waals surface area contributed by atoms with E-state index in [2.05, 4.69) is 5.32 Å². The summed E-state index contributed by atoms with van der Waals surface area (Å²) < 4.78 is 0. The van der Waals surface area contributed by atoms with Crippen molar-refractivity contribution in [1.29, 1.82) is 0 Å². The average molecular weight is 223 g/mol. The topological polar surface area (TPSA) is 86.6 Å². The van der Waals surface area contributed by atoms with E-state index in [0.29, 0.717) is 11.1 Å². The second-order valence-corrected chi connectivity index (χ2v) is 3.39. The van der Waals surface area contributed by atoms with E-state index in [0.717, 1.165) is 0 Å². The van der Waals surface area contributed by atoms with Crippen LogP contribution in [0.4, 0.5) is 0 Å². The monoisotopic (exact) mass is 223 g/mol. The standard InChI is InChI=1S/C11H13NO4/c1-7(11(15)16)12-10(14)9-4-2-8(6-13)3-5-9/h2-5,7,13H,6H2,1H3,(H,12,14)(H,15,16)/t7-/m0/s1. The van der Waals surface area contributed by atoms with Crippen LogP contribution in [0.5, 0.6) is 0 Å². The quantitative estimate of drug-likeness (QED) is 0.688. The Hall–Kier alpha value is -1.88. The first kappa shape index (κ1) is 12.2. The second-order valence-electron chi connectivity index (χ2n) is 3.39. The maximum Gasteiger partial charge on any atom is 0.325 e. The summed E-state index contributed by atoms with van der Waals surface area (Å²) in [5.41, 5.74) is 1.06. The normalized spacial score (nSPS) is 11.9. The molecule has 0 aromatic heterocycles. The number of carboxylic acid groups (broad SMARTS) is 1. The van der Waals surface area contributed by atoms with Crippen LogP contribution in [0, 0.1) is 0 Å². The van der Waals surface area contributed by atoms with Gasteiger partial charge in [-0.2, -0.15) is 0 Å². The number of nitrogens with one attached hydrogen (secondary N) is 1. The fourth-order valence-corrected chi connectivity index (χ4v) is 1.10. The molecule has 0 aliphatic heterocycles. The molecule has 1 rings (SSSR count). The number of carboxylic acids is 1. The van der Waals surface area contributed by atoms with E-state index in [1.165, 1.54) is 19.1 Å². The first-order chi connectivity index (χ1) is 7.54. The largest absolute Gasteiger partial charge is 0.480 e. The molecule has 16 heavy (non-hydrogen) atoms. The average Bonchev–Trinajstić information content (AvgIpc) is 2.28. The Morgan fingerprint density at radius 3 is 2.31 bits per heavy atom. The molecule has 0 saturated carbocycles. The van der Waals surface area contributed by atoms with Crippen molar-refractivity contribution in [2.75, 3.05) is 0 Å². The van der Waals surface area contributed by atoms with Crippen molar-refractivity contribution in [3.05, 3.63) is 35.4 Å². The minimum absolute atomic E-state index is 0.0899. The second kappa shape index (κ2) is 5.27. The molecule has 0 radical (unpaired) electrons. The van der Waals surface area contributed by atoms with Gasteiger partial charge in [-0.1, -0.05) is 12.1 Å². The lowest BCUT2D eigenvalue weighted by molar-refractivity contribution is -0.138. The Kier molecular flexibility index (Phi) is 4.02. The molecule has 0 bridgehead atoms. The summed E-state index contributed by atoms with van der Waals surface area (Å²) >= 11 is 0. The van der Waals surface area contributed by atoms with Gasteiger partial charge in [-0.15, -0.1) is 0 Å². The molecule has 1 aromatic carbocycles. The number of carbonyl (C=O) groups excluding carboxylic acids is 1. The third-order valence-corrected chi connectivity index (χ3v) is 2.12. The van der Waals surface area contributed by atoms with Gasteiger partial charge in [-0.3, -0.25) is 9.59 Å². The molecule has 0 fully saturated rings. The van der Waals surface area contributed by atoms with Crippen molar-refractivity contribution in [3.63, 3.8) is 0 Å². The lowest BCUT2D eigenvalue weighted by Gasteiger charge is -2.09. The van der Waals surface area contributed by atoms with E-state index in [1.807, 2.05) is 0 Å². The van der Waals surface area contributed by atoms with Crippen molar-refractivity contribution in [3.8, 4) is 0 Å². The predicted octanol–water partition coefficient (Wildman–Crippen LogP) is 0.382. The first-order valence-corrected chi connectivity index (χ1v) is 4.78. The third kappa shape index (κ3) is 3.06. The van der Waals surface area contributed by atoms with Crippen molar-refractivity contribution in [1.82, 2.24) is 5.32 Å². The maximum atomic E-state index is 11.5. The fourth-order valence-electron chi connectivity index (χ4n) is 1.10. The third-order valence-electron chi connectivity index (χ3n) is 2.12. The summed E-state index contributed by atoms with van der Waals surface area (Å²) in [5, 5.41) is 19.8. The van der Waals surface area contributed by atoms with Gasteiger partial charge < -0.3 is 15.5 Å². The Bertz CT molecular complexity index is 385. The molecule has 1 aromatic rings. The molecular weight excluding hydrogens is 210 g/mol. The van der Waals surface area contributed by atoms with Gasteiger partial charge in [0.05, 0.1) is 6.61 Å². The number of rotatable bonds is 4. The number of benzene rings is 1. The van der Waals surface area contributed by atoms with Gasteiger partial charge in [-0.25, -0.2) is 0 Å². The smallest absolute Gasteiger partial charge is 0.325 e. The van der Waals surface area contributed by atoms with Crippen LogP contribution in [-0.4, -0.2) is 28.1 Å². The highest BCUT2D eigenvalue weighted by Gasteiger charge is 2.14. The summed E-state index contributed by atoms with van der Waals surface area (Å²) in [6, 6.07) is 5.37. The van der Waals surface area contributed by atoms with E-state index in [-0.39, 0.29) is 6.61 Å². The molecule has 0 spiro atoms. The van der Waals surface area contributed by atoms with Crippen LogP contribution in [0.1, 0.15) is 22.8 Å². The number of aliphatic hydroxyl groups is 1. The SMILES string of the molecule is C[C@H](NC(=O)c1ccc(CO)cc1)C(=O)O. The van der Waals surface area contributed by atoms with Crippen molar-refractivity contribution >= 4 is 11.9 Å². The number of hydrogen-bond donors (Lipinski definition) is 3. The predicted molar refractivity (Wildman–Crippen MR) is 56.9 cm³/mol. The Morgan fingerprint density at radius 1 is 1.31 bits per heavy atom. The summed E-state index contributed by atoms with van der Waals surface area (Å²) in [6.07, 6.45) is 0. The van der Waals surface area contributed by atoms with Crippen molar-refractivity contribution in [2.24, 2.45) is 0 Å². The molecule has 5 nitrogen and oxygen atoms in total. The van der Waals surface area contributed by atoms with Crippen LogP contribution in [0.2, 0.25) is 0 Å². The van der Waals surface area contributed by atoms with Gasteiger partial charge in [-0.05, 0) is 24.6 Å². The van der Waals surface area contributed by atoms with E-state index in [4.69, 9.17) is 10.2 Å². The zero-order valence-electron chi connectivity index (χ0n) is 8.80. The Labute approximate surface area is 92.7 Å². The molecule has 0 saturated heterocycles. The first-order valence-electron chi connectivity index (χ1n) is 4.78. The van der Waals surface area contributed by atoms with E-state index in [1.54, 1.807) is 12.1 Å². The molecule has 0 aliphatic carbocycles. The molecule has 86 valence electrons. The number of amides is 1. The summed E-state index contributed by atoms with van der Waals surface area (Å²) in [5.74, 6) is -1.53. The zero-order valence-corrected chi connectivity index (χ0v) is 8.80. The van der Waals surface area contributed by atoms with Crippen LogP contribution in [-0.2, 0) is 11.4 Å². The van der Waals surface area contributed by atoms with Crippen LogP contribution in [0.25, 0.3) is 0 Å². The Morgan fingerprint density at radius 2 is 1.88 bits per heavy atom. The molecule has 1 atom stereocenters. The fraction of sp³-hybridized carbons (Fsp3) is 0.273. The molecule has 0 aliphatic rings. The molecular formula is C11H13NO4.